The fraction of sp³-hybridized carbons (Fsp3) is 0.188. The second-order valence-corrected chi connectivity index (χ2v) is 5.00. The van der Waals surface area contributed by atoms with E-state index >= 15 is 0 Å². The van der Waals surface area contributed by atoms with Crippen molar-refractivity contribution in [3.05, 3.63) is 47.3 Å². The molecule has 136 valence electrons. The number of carbonyl (C=O) groups is 4. The summed E-state index contributed by atoms with van der Waals surface area (Å²) in [6.45, 7) is -0.495. The Balaban J connectivity index is 2.34. The van der Waals surface area contributed by atoms with Gasteiger partial charge in [0.15, 0.2) is 0 Å². The molecule has 1 aromatic heterocycles. The summed E-state index contributed by atoms with van der Waals surface area (Å²) >= 11 is 0. The zero-order valence-corrected chi connectivity index (χ0v) is 13.9. The quantitative estimate of drug-likeness (QED) is 0.721. The van der Waals surface area contributed by atoms with E-state index in [9.17, 15) is 19.2 Å². The van der Waals surface area contributed by atoms with Crippen LogP contribution in [0.25, 0.3) is 0 Å². The minimum atomic E-state index is -1.16. The Morgan fingerprint density at radius 1 is 1.08 bits per heavy atom. The van der Waals surface area contributed by atoms with Crippen molar-refractivity contribution in [2.75, 3.05) is 19.5 Å². The lowest BCUT2D eigenvalue weighted by Crippen LogP contribution is -2.21. The van der Waals surface area contributed by atoms with Crippen molar-refractivity contribution < 1.29 is 33.8 Å². The van der Waals surface area contributed by atoms with Gasteiger partial charge in [0.1, 0.15) is 12.2 Å². The van der Waals surface area contributed by atoms with E-state index in [0.717, 1.165) is 4.68 Å². The zero-order valence-electron chi connectivity index (χ0n) is 13.9. The van der Waals surface area contributed by atoms with Gasteiger partial charge in [-0.2, -0.15) is 5.10 Å². The maximum absolute atomic E-state index is 12.4. The van der Waals surface area contributed by atoms with E-state index in [1.54, 1.807) is 0 Å². The Morgan fingerprint density at radius 2 is 1.65 bits per heavy atom. The molecule has 2 N–H and O–H groups in total. The summed E-state index contributed by atoms with van der Waals surface area (Å²) in [7, 11) is 2.35. The first kappa shape index (κ1) is 18.6. The zero-order chi connectivity index (χ0) is 19.3. The Hall–Kier alpha value is -3.69. The number of nitrogens with zero attached hydrogens (tertiary/aromatic N) is 2. The Morgan fingerprint density at radius 3 is 2.15 bits per heavy atom. The number of amides is 1. The van der Waals surface area contributed by atoms with Crippen LogP contribution >= 0.6 is 0 Å². The van der Waals surface area contributed by atoms with Gasteiger partial charge in [0.25, 0.3) is 5.91 Å². The molecule has 0 fully saturated rings. The van der Waals surface area contributed by atoms with E-state index in [1.807, 2.05) is 0 Å². The van der Waals surface area contributed by atoms with Gasteiger partial charge in [0, 0.05) is 11.9 Å². The second kappa shape index (κ2) is 7.92. The van der Waals surface area contributed by atoms with Gasteiger partial charge in [-0.25, -0.2) is 14.3 Å². The normalized spacial score (nSPS) is 10.1. The van der Waals surface area contributed by atoms with Crippen LogP contribution in [0.15, 0.2) is 30.5 Å². The molecule has 0 aliphatic carbocycles. The van der Waals surface area contributed by atoms with Crippen LogP contribution in [0.5, 0.6) is 0 Å². The van der Waals surface area contributed by atoms with Gasteiger partial charge in [-0.3, -0.25) is 9.59 Å². The third kappa shape index (κ3) is 4.23. The number of esters is 2. The number of anilines is 1. The van der Waals surface area contributed by atoms with Crippen molar-refractivity contribution in [1.82, 2.24) is 9.78 Å². The number of carboxylic acids is 1. The molecule has 26 heavy (non-hydrogen) atoms. The molecule has 0 saturated heterocycles. The number of ether oxygens (including phenoxy) is 2. The van der Waals surface area contributed by atoms with Gasteiger partial charge >= 0.3 is 17.9 Å². The topological polar surface area (TPSA) is 137 Å². The highest BCUT2D eigenvalue weighted by molar-refractivity contribution is 6.05. The van der Waals surface area contributed by atoms with Gasteiger partial charge < -0.3 is 19.9 Å². The number of carbonyl (C=O) groups excluding carboxylic acids is 3. The van der Waals surface area contributed by atoms with Crippen LogP contribution < -0.4 is 5.32 Å². The third-order valence-electron chi connectivity index (χ3n) is 3.27. The first-order valence-corrected chi connectivity index (χ1v) is 7.22. The lowest BCUT2D eigenvalue weighted by Gasteiger charge is -2.10. The predicted molar refractivity (Wildman–Crippen MR) is 86.9 cm³/mol. The summed E-state index contributed by atoms with van der Waals surface area (Å²) in [5.74, 6) is -3.24. The molecule has 0 unspecified atom stereocenters. The standard InChI is InChI=1S/C16H15N3O7/c1-25-15(23)9-5-10(16(24)26-2)7-11(6-9)18-14(22)12-3-4-17-19(12)8-13(20)21/h3-7H,8H2,1-2H3,(H,18,22)(H,20,21). The molecule has 10 nitrogen and oxygen atoms in total. The molecule has 0 aliphatic heterocycles. The number of methoxy groups -OCH3 is 2. The van der Waals surface area contributed by atoms with Gasteiger partial charge in [-0.15, -0.1) is 0 Å². The lowest BCUT2D eigenvalue weighted by molar-refractivity contribution is -0.137. The molecule has 1 heterocycles. The molecule has 2 aromatic rings. The van der Waals surface area contributed by atoms with Gasteiger partial charge in [-0.05, 0) is 24.3 Å². The molecular weight excluding hydrogens is 346 g/mol. The maximum atomic E-state index is 12.4. The van der Waals surface area contributed by atoms with Crippen LogP contribution in [-0.2, 0) is 20.8 Å². The number of benzene rings is 1. The molecule has 2 rings (SSSR count). The van der Waals surface area contributed by atoms with Gasteiger partial charge in [0.05, 0.1) is 25.3 Å². The van der Waals surface area contributed by atoms with Crippen LogP contribution in [0.3, 0.4) is 0 Å². The van der Waals surface area contributed by atoms with E-state index in [4.69, 9.17) is 5.11 Å². The number of rotatable bonds is 6. The summed E-state index contributed by atoms with van der Waals surface area (Å²) < 4.78 is 10.2. The third-order valence-corrected chi connectivity index (χ3v) is 3.27. The van der Waals surface area contributed by atoms with E-state index in [0.29, 0.717) is 0 Å². The minimum Gasteiger partial charge on any atom is -0.480 e. The molecule has 0 aliphatic rings. The average Bonchev–Trinajstić information content (AvgIpc) is 3.07. The highest BCUT2D eigenvalue weighted by Crippen LogP contribution is 2.18. The van der Waals surface area contributed by atoms with Crippen molar-refractivity contribution in [3.8, 4) is 0 Å². The maximum Gasteiger partial charge on any atom is 0.337 e. The highest BCUT2D eigenvalue weighted by atomic mass is 16.5. The molecule has 0 atom stereocenters. The van der Waals surface area contributed by atoms with Crippen molar-refractivity contribution in [3.63, 3.8) is 0 Å². The smallest absolute Gasteiger partial charge is 0.337 e. The molecule has 10 heteroatoms. The number of hydrogen-bond donors (Lipinski definition) is 2. The fourth-order valence-electron chi connectivity index (χ4n) is 2.15. The van der Waals surface area contributed by atoms with Crippen LogP contribution in [0.1, 0.15) is 31.2 Å². The number of hydrogen-bond acceptors (Lipinski definition) is 7. The van der Waals surface area contributed by atoms with Crippen LogP contribution in [-0.4, -0.2) is 52.9 Å². The highest BCUT2D eigenvalue weighted by Gasteiger charge is 2.18. The van der Waals surface area contributed by atoms with Crippen LogP contribution in [0, 0.1) is 0 Å². The van der Waals surface area contributed by atoms with Crippen molar-refractivity contribution >= 4 is 29.5 Å². The van der Waals surface area contributed by atoms with Gasteiger partial charge in [0.2, 0.25) is 0 Å². The average molecular weight is 361 g/mol. The van der Waals surface area contributed by atoms with Crippen molar-refractivity contribution in [2.24, 2.45) is 0 Å². The van der Waals surface area contributed by atoms with Crippen LogP contribution in [0.2, 0.25) is 0 Å². The lowest BCUT2D eigenvalue weighted by atomic mass is 10.1. The molecule has 0 saturated carbocycles. The largest absolute Gasteiger partial charge is 0.480 e. The van der Waals surface area contributed by atoms with E-state index in [1.165, 1.54) is 44.7 Å². The van der Waals surface area contributed by atoms with E-state index in [2.05, 4.69) is 19.9 Å². The number of nitrogens with one attached hydrogen (secondary N) is 1. The molecular formula is C16H15N3O7. The Labute approximate surface area is 147 Å². The first-order valence-electron chi connectivity index (χ1n) is 7.22. The number of aromatic nitrogens is 2. The summed E-state index contributed by atoms with van der Waals surface area (Å²) in [6, 6.07) is 5.23. The number of aliphatic carboxylic acids is 1. The Kier molecular flexibility index (Phi) is 5.68. The van der Waals surface area contributed by atoms with Crippen molar-refractivity contribution in [1.29, 1.82) is 0 Å². The minimum absolute atomic E-state index is 0.00418. The summed E-state index contributed by atoms with van der Waals surface area (Å²) in [4.78, 5) is 46.7. The molecule has 0 spiro atoms. The van der Waals surface area contributed by atoms with Crippen molar-refractivity contribution in [2.45, 2.75) is 6.54 Å². The summed E-state index contributed by atoms with van der Waals surface area (Å²) in [5, 5.41) is 15.1. The molecule has 0 bridgehead atoms. The summed E-state index contributed by atoms with van der Waals surface area (Å²) in [6.07, 6.45) is 1.28. The van der Waals surface area contributed by atoms with Crippen LogP contribution in [0.4, 0.5) is 5.69 Å². The Bertz CT molecular complexity index is 838. The SMILES string of the molecule is COC(=O)c1cc(NC(=O)c2ccnn2CC(=O)O)cc(C(=O)OC)c1. The monoisotopic (exact) mass is 361 g/mol. The van der Waals surface area contributed by atoms with E-state index < -0.39 is 30.4 Å². The summed E-state index contributed by atoms with van der Waals surface area (Å²) in [5.41, 5.74) is 0.186. The predicted octanol–water partition coefficient (Wildman–Crippen LogP) is 0.793. The molecule has 1 amide bonds. The molecule has 0 radical (unpaired) electrons. The van der Waals surface area contributed by atoms with Gasteiger partial charge in [-0.1, -0.05) is 0 Å². The second-order valence-electron chi connectivity index (χ2n) is 5.00. The van der Waals surface area contributed by atoms with E-state index in [-0.39, 0.29) is 22.5 Å². The molecule has 1 aromatic carbocycles. The number of carboxylic acid groups (broad SMARTS) is 1. The fourth-order valence-corrected chi connectivity index (χ4v) is 2.15. The first-order chi connectivity index (χ1) is 12.3.